The van der Waals surface area contributed by atoms with Crippen molar-refractivity contribution in [3.63, 3.8) is 0 Å². The summed E-state index contributed by atoms with van der Waals surface area (Å²) >= 11 is 0. The molecule has 112 valence electrons. The predicted octanol–water partition coefficient (Wildman–Crippen LogP) is 2.59. The van der Waals surface area contributed by atoms with Crippen LogP contribution in [-0.4, -0.2) is 35.6 Å². The van der Waals surface area contributed by atoms with E-state index in [1.54, 1.807) is 23.1 Å². The Morgan fingerprint density at radius 2 is 2.00 bits per heavy atom. The molecule has 0 atom stereocenters. The number of nitrogens with two attached hydrogens (primary N) is 1. The van der Waals surface area contributed by atoms with E-state index < -0.39 is 0 Å². The molecule has 0 spiro atoms. The number of aliphatic hydroxyl groups excluding tert-OH is 1. The Balaban J connectivity index is 2.74. The molecule has 1 amide bonds. The summed E-state index contributed by atoms with van der Waals surface area (Å²) in [6.45, 7) is 5.07. The van der Waals surface area contributed by atoms with Crippen LogP contribution < -0.4 is 5.73 Å². The van der Waals surface area contributed by atoms with Crippen LogP contribution in [0.1, 0.15) is 48.5 Å². The molecule has 0 unspecified atom stereocenters. The normalized spacial score (nSPS) is 10.6. The van der Waals surface area contributed by atoms with E-state index in [4.69, 9.17) is 10.8 Å². The molecule has 0 bridgehead atoms. The molecule has 1 aromatic rings. The second kappa shape index (κ2) is 8.59. The Hall–Kier alpha value is -1.55. The van der Waals surface area contributed by atoms with Gasteiger partial charge in [0.1, 0.15) is 0 Å². The molecule has 0 radical (unpaired) electrons. The molecule has 0 saturated carbocycles. The molecule has 4 nitrogen and oxygen atoms in total. The second-order valence-corrected chi connectivity index (χ2v) is 5.10. The van der Waals surface area contributed by atoms with Gasteiger partial charge in [-0.2, -0.15) is 0 Å². The number of rotatable bonds is 8. The molecule has 3 N–H and O–H groups in total. The van der Waals surface area contributed by atoms with Crippen LogP contribution >= 0.6 is 0 Å². The smallest absolute Gasteiger partial charge is 0.254 e. The Morgan fingerprint density at radius 3 is 2.65 bits per heavy atom. The lowest BCUT2D eigenvalue weighted by atomic mass is 10.1. The third kappa shape index (κ3) is 4.53. The summed E-state index contributed by atoms with van der Waals surface area (Å²) < 4.78 is 0. The van der Waals surface area contributed by atoms with Crippen molar-refractivity contribution in [2.75, 3.05) is 25.4 Å². The Labute approximate surface area is 121 Å². The van der Waals surface area contributed by atoms with E-state index in [1.807, 2.05) is 6.92 Å². The number of aliphatic hydroxyl groups is 1. The summed E-state index contributed by atoms with van der Waals surface area (Å²) in [5.41, 5.74) is 7.93. The summed E-state index contributed by atoms with van der Waals surface area (Å²) in [4.78, 5) is 14.3. The minimum absolute atomic E-state index is 0.0130. The van der Waals surface area contributed by atoms with Gasteiger partial charge in [-0.05, 0) is 31.0 Å². The highest BCUT2D eigenvalue weighted by Crippen LogP contribution is 2.17. The molecule has 0 heterocycles. The zero-order valence-electron chi connectivity index (χ0n) is 12.6. The third-order valence-corrected chi connectivity index (χ3v) is 3.54. The SMILES string of the molecule is CCCCCCN(CCO)C(=O)c1cccc(N)c1C. The number of carbonyl (C=O) groups excluding carboxylic acids is 1. The molecule has 0 saturated heterocycles. The maximum Gasteiger partial charge on any atom is 0.254 e. The van der Waals surface area contributed by atoms with Crippen LogP contribution in [0, 0.1) is 6.92 Å². The number of hydrogen-bond acceptors (Lipinski definition) is 3. The molecular weight excluding hydrogens is 252 g/mol. The molecule has 0 aliphatic carbocycles. The summed E-state index contributed by atoms with van der Waals surface area (Å²) in [5, 5.41) is 9.14. The number of nitrogen functional groups attached to an aromatic ring is 1. The number of benzene rings is 1. The molecule has 4 heteroatoms. The van der Waals surface area contributed by atoms with Gasteiger partial charge in [-0.3, -0.25) is 4.79 Å². The summed E-state index contributed by atoms with van der Waals surface area (Å²) in [6.07, 6.45) is 4.43. The zero-order valence-corrected chi connectivity index (χ0v) is 12.6. The fourth-order valence-electron chi connectivity index (χ4n) is 2.22. The van der Waals surface area contributed by atoms with Gasteiger partial charge in [-0.25, -0.2) is 0 Å². The van der Waals surface area contributed by atoms with E-state index >= 15 is 0 Å². The number of hydrogen-bond donors (Lipinski definition) is 2. The minimum atomic E-state index is -0.0413. The highest BCUT2D eigenvalue weighted by Gasteiger charge is 2.17. The van der Waals surface area contributed by atoms with Crippen molar-refractivity contribution in [2.24, 2.45) is 0 Å². The lowest BCUT2D eigenvalue weighted by Crippen LogP contribution is -2.35. The monoisotopic (exact) mass is 278 g/mol. The number of anilines is 1. The Kier molecular flexibility index (Phi) is 7.09. The average molecular weight is 278 g/mol. The van der Waals surface area contributed by atoms with Crippen molar-refractivity contribution in [2.45, 2.75) is 39.5 Å². The Morgan fingerprint density at radius 1 is 1.25 bits per heavy atom. The molecule has 0 aliphatic rings. The van der Waals surface area contributed by atoms with Crippen LogP contribution in [0.4, 0.5) is 5.69 Å². The van der Waals surface area contributed by atoms with Crippen molar-refractivity contribution >= 4 is 11.6 Å². The topological polar surface area (TPSA) is 66.6 Å². The van der Waals surface area contributed by atoms with Gasteiger partial charge >= 0.3 is 0 Å². The van der Waals surface area contributed by atoms with Gasteiger partial charge in [0, 0.05) is 24.3 Å². The Bertz CT molecular complexity index is 432. The van der Waals surface area contributed by atoms with Crippen LogP contribution in [0.3, 0.4) is 0 Å². The first-order valence-electron chi connectivity index (χ1n) is 7.37. The lowest BCUT2D eigenvalue weighted by Gasteiger charge is -2.23. The molecule has 1 rings (SSSR count). The number of carbonyl (C=O) groups is 1. The average Bonchev–Trinajstić information content (AvgIpc) is 2.44. The van der Waals surface area contributed by atoms with Gasteiger partial charge in [0.05, 0.1) is 6.61 Å². The van der Waals surface area contributed by atoms with E-state index in [-0.39, 0.29) is 12.5 Å². The number of unbranched alkanes of at least 4 members (excludes halogenated alkanes) is 3. The van der Waals surface area contributed by atoms with Gasteiger partial charge in [0.15, 0.2) is 0 Å². The molecule has 0 aromatic heterocycles. The maximum absolute atomic E-state index is 12.5. The zero-order chi connectivity index (χ0) is 15.0. The number of nitrogens with zero attached hydrogens (tertiary/aromatic N) is 1. The molecular formula is C16H26N2O2. The fourth-order valence-corrected chi connectivity index (χ4v) is 2.22. The second-order valence-electron chi connectivity index (χ2n) is 5.10. The highest BCUT2D eigenvalue weighted by atomic mass is 16.3. The van der Waals surface area contributed by atoms with Crippen molar-refractivity contribution in [1.82, 2.24) is 4.90 Å². The molecule has 1 aromatic carbocycles. The van der Waals surface area contributed by atoms with E-state index in [0.717, 1.165) is 18.4 Å². The lowest BCUT2D eigenvalue weighted by molar-refractivity contribution is 0.0718. The highest BCUT2D eigenvalue weighted by molar-refractivity contribution is 5.96. The molecule has 0 aliphatic heterocycles. The van der Waals surface area contributed by atoms with Gasteiger partial charge < -0.3 is 15.7 Å². The van der Waals surface area contributed by atoms with Crippen molar-refractivity contribution < 1.29 is 9.90 Å². The van der Waals surface area contributed by atoms with E-state index in [1.165, 1.54) is 12.8 Å². The van der Waals surface area contributed by atoms with E-state index in [0.29, 0.717) is 24.3 Å². The standard InChI is InChI=1S/C16H26N2O2/c1-3-4-5-6-10-18(11-12-19)16(20)14-8-7-9-15(17)13(14)2/h7-9,19H,3-6,10-12,17H2,1-2H3. The van der Waals surface area contributed by atoms with Crippen molar-refractivity contribution in [3.8, 4) is 0 Å². The van der Waals surface area contributed by atoms with Crippen LogP contribution in [0.15, 0.2) is 18.2 Å². The first-order valence-corrected chi connectivity index (χ1v) is 7.37. The number of amides is 1. The summed E-state index contributed by atoms with van der Waals surface area (Å²) in [6, 6.07) is 5.39. The first-order chi connectivity index (χ1) is 9.61. The molecule has 0 fully saturated rings. The fraction of sp³-hybridized carbons (Fsp3) is 0.562. The van der Waals surface area contributed by atoms with Gasteiger partial charge in [-0.15, -0.1) is 0 Å². The van der Waals surface area contributed by atoms with Crippen LogP contribution in [-0.2, 0) is 0 Å². The van der Waals surface area contributed by atoms with Gasteiger partial charge in [-0.1, -0.05) is 32.3 Å². The van der Waals surface area contributed by atoms with Crippen LogP contribution in [0.2, 0.25) is 0 Å². The minimum Gasteiger partial charge on any atom is -0.398 e. The summed E-state index contributed by atoms with van der Waals surface area (Å²) in [5.74, 6) is -0.0413. The largest absolute Gasteiger partial charge is 0.398 e. The summed E-state index contributed by atoms with van der Waals surface area (Å²) in [7, 11) is 0. The van der Waals surface area contributed by atoms with E-state index in [2.05, 4.69) is 6.92 Å². The third-order valence-electron chi connectivity index (χ3n) is 3.54. The predicted molar refractivity (Wildman–Crippen MR) is 82.7 cm³/mol. The molecule has 20 heavy (non-hydrogen) atoms. The van der Waals surface area contributed by atoms with Crippen LogP contribution in [0.25, 0.3) is 0 Å². The van der Waals surface area contributed by atoms with Gasteiger partial charge in [0.2, 0.25) is 0 Å². The van der Waals surface area contributed by atoms with Crippen molar-refractivity contribution in [3.05, 3.63) is 29.3 Å². The quantitative estimate of drug-likeness (QED) is 0.567. The van der Waals surface area contributed by atoms with Crippen LogP contribution in [0.5, 0.6) is 0 Å². The first kappa shape index (κ1) is 16.5. The van der Waals surface area contributed by atoms with E-state index in [9.17, 15) is 4.79 Å². The maximum atomic E-state index is 12.5. The van der Waals surface area contributed by atoms with Crippen molar-refractivity contribution in [1.29, 1.82) is 0 Å². The van der Waals surface area contributed by atoms with Gasteiger partial charge in [0.25, 0.3) is 5.91 Å².